The van der Waals surface area contributed by atoms with Gasteiger partial charge in [-0.25, -0.2) is 0 Å². The van der Waals surface area contributed by atoms with Crippen LogP contribution in [0.1, 0.15) is 47.0 Å². The second kappa shape index (κ2) is 7.85. The lowest BCUT2D eigenvalue weighted by Crippen LogP contribution is -2.40. The molecule has 1 amide bonds. The first-order chi connectivity index (χ1) is 8.99. The summed E-state index contributed by atoms with van der Waals surface area (Å²) < 4.78 is 5.18. The van der Waals surface area contributed by atoms with Crippen LogP contribution in [0.15, 0.2) is 0 Å². The third kappa shape index (κ3) is 4.77. The molecule has 0 aromatic heterocycles. The minimum Gasteiger partial charge on any atom is -0.384 e. The Morgan fingerprint density at radius 3 is 2.58 bits per heavy atom. The fraction of sp³-hybridized carbons (Fsp3) is 0.933. The molecule has 1 rings (SSSR count). The number of hydrogen-bond donors (Lipinski definition) is 1. The van der Waals surface area contributed by atoms with Crippen LogP contribution in [-0.2, 0) is 9.53 Å². The molecule has 3 atom stereocenters. The van der Waals surface area contributed by atoms with Gasteiger partial charge in [-0.05, 0) is 24.7 Å². The summed E-state index contributed by atoms with van der Waals surface area (Å²) in [6, 6.07) is 0.00583. The van der Waals surface area contributed by atoms with E-state index in [4.69, 9.17) is 4.74 Å². The molecule has 0 bridgehead atoms. The lowest BCUT2D eigenvalue weighted by Gasteiger charge is -2.26. The second-order valence-electron chi connectivity index (χ2n) is 6.20. The standard InChI is InChI=1S/C15H30N2O2/c1-6-7-14-16-13(8-11(2)3)15(18)17(14)9-12(4)10-19-5/h11-14,16H,6-10H2,1-5H3. The highest BCUT2D eigenvalue weighted by Gasteiger charge is 2.38. The van der Waals surface area contributed by atoms with Crippen molar-refractivity contribution in [3.05, 3.63) is 0 Å². The third-order valence-electron chi connectivity index (χ3n) is 3.58. The fourth-order valence-corrected chi connectivity index (χ4v) is 2.79. The molecule has 0 radical (unpaired) electrons. The van der Waals surface area contributed by atoms with Crippen molar-refractivity contribution in [2.75, 3.05) is 20.3 Å². The van der Waals surface area contributed by atoms with Crippen LogP contribution in [0.2, 0.25) is 0 Å². The zero-order chi connectivity index (χ0) is 14.4. The lowest BCUT2D eigenvalue weighted by molar-refractivity contribution is -0.131. The number of nitrogens with zero attached hydrogens (tertiary/aromatic N) is 1. The highest BCUT2D eigenvalue weighted by Crippen LogP contribution is 2.21. The van der Waals surface area contributed by atoms with Crippen molar-refractivity contribution in [1.29, 1.82) is 0 Å². The summed E-state index contributed by atoms with van der Waals surface area (Å²) in [4.78, 5) is 14.5. The number of carbonyl (C=O) groups excluding carboxylic acids is 1. The molecule has 1 aliphatic heterocycles. The van der Waals surface area contributed by atoms with E-state index in [-0.39, 0.29) is 18.1 Å². The van der Waals surface area contributed by atoms with Crippen LogP contribution in [0.25, 0.3) is 0 Å². The summed E-state index contributed by atoms with van der Waals surface area (Å²) in [5.74, 6) is 1.20. The van der Waals surface area contributed by atoms with Crippen LogP contribution in [0, 0.1) is 11.8 Å². The van der Waals surface area contributed by atoms with E-state index in [2.05, 4.69) is 33.0 Å². The molecule has 112 valence electrons. The quantitative estimate of drug-likeness (QED) is 0.735. The average molecular weight is 270 g/mol. The van der Waals surface area contributed by atoms with Crippen LogP contribution in [0.4, 0.5) is 0 Å². The van der Waals surface area contributed by atoms with Crippen LogP contribution in [0.5, 0.6) is 0 Å². The third-order valence-corrected chi connectivity index (χ3v) is 3.58. The van der Waals surface area contributed by atoms with Crippen LogP contribution >= 0.6 is 0 Å². The van der Waals surface area contributed by atoms with Gasteiger partial charge >= 0.3 is 0 Å². The molecule has 0 aliphatic carbocycles. The Morgan fingerprint density at radius 2 is 2.05 bits per heavy atom. The van der Waals surface area contributed by atoms with Crippen molar-refractivity contribution in [2.24, 2.45) is 11.8 Å². The van der Waals surface area contributed by atoms with Gasteiger partial charge in [0.15, 0.2) is 0 Å². The summed E-state index contributed by atoms with van der Waals surface area (Å²) in [6.45, 7) is 10.1. The molecule has 0 saturated carbocycles. The molecule has 1 saturated heterocycles. The summed E-state index contributed by atoms with van der Waals surface area (Å²) in [5.41, 5.74) is 0. The Hall–Kier alpha value is -0.610. The van der Waals surface area contributed by atoms with Crippen molar-refractivity contribution < 1.29 is 9.53 Å². The molecule has 4 nitrogen and oxygen atoms in total. The van der Waals surface area contributed by atoms with Crippen molar-refractivity contribution in [3.8, 4) is 0 Å². The molecular formula is C15H30N2O2. The number of methoxy groups -OCH3 is 1. The number of amides is 1. The molecule has 1 N–H and O–H groups in total. The number of ether oxygens (including phenoxy) is 1. The largest absolute Gasteiger partial charge is 0.384 e. The van der Waals surface area contributed by atoms with E-state index in [9.17, 15) is 4.79 Å². The van der Waals surface area contributed by atoms with Gasteiger partial charge in [-0.1, -0.05) is 34.1 Å². The minimum atomic E-state index is 0.00583. The number of rotatable bonds is 8. The molecule has 1 heterocycles. The topological polar surface area (TPSA) is 41.6 Å². The van der Waals surface area contributed by atoms with Crippen molar-refractivity contribution in [1.82, 2.24) is 10.2 Å². The first-order valence-corrected chi connectivity index (χ1v) is 7.55. The number of nitrogens with one attached hydrogen (secondary N) is 1. The van der Waals surface area contributed by atoms with E-state index in [0.717, 1.165) is 25.8 Å². The maximum atomic E-state index is 12.5. The highest BCUT2D eigenvalue weighted by molar-refractivity contribution is 5.84. The zero-order valence-corrected chi connectivity index (χ0v) is 13.1. The smallest absolute Gasteiger partial charge is 0.241 e. The molecule has 0 aromatic carbocycles. The Bertz CT molecular complexity index is 281. The summed E-state index contributed by atoms with van der Waals surface area (Å²) in [7, 11) is 1.71. The minimum absolute atomic E-state index is 0.00583. The Kier molecular flexibility index (Phi) is 6.80. The monoisotopic (exact) mass is 270 g/mol. The zero-order valence-electron chi connectivity index (χ0n) is 13.1. The van der Waals surface area contributed by atoms with Crippen molar-refractivity contribution in [2.45, 2.75) is 59.2 Å². The van der Waals surface area contributed by atoms with Crippen LogP contribution in [-0.4, -0.2) is 43.3 Å². The molecule has 0 aromatic rings. The van der Waals surface area contributed by atoms with Gasteiger partial charge in [-0.3, -0.25) is 10.1 Å². The molecule has 4 heteroatoms. The van der Waals surface area contributed by atoms with Gasteiger partial charge < -0.3 is 9.64 Å². The molecular weight excluding hydrogens is 240 g/mol. The normalized spacial score (nSPS) is 25.4. The molecule has 1 aliphatic rings. The van der Waals surface area contributed by atoms with Crippen molar-refractivity contribution in [3.63, 3.8) is 0 Å². The van der Waals surface area contributed by atoms with E-state index >= 15 is 0 Å². The van der Waals surface area contributed by atoms with E-state index < -0.39 is 0 Å². The van der Waals surface area contributed by atoms with E-state index in [1.54, 1.807) is 7.11 Å². The van der Waals surface area contributed by atoms with Gasteiger partial charge in [0, 0.05) is 13.7 Å². The van der Waals surface area contributed by atoms with E-state index in [1.165, 1.54) is 0 Å². The van der Waals surface area contributed by atoms with Gasteiger partial charge in [0.25, 0.3) is 0 Å². The Balaban J connectivity index is 2.65. The number of carbonyl (C=O) groups is 1. The SMILES string of the molecule is CCCC1NC(CC(C)C)C(=O)N1CC(C)COC. The predicted molar refractivity (Wildman–Crippen MR) is 77.8 cm³/mol. The number of hydrogen-bond acceptors (Lipinski definition) is 3. The van der Waals surface area contributed by atoms with Gasteiger partial charge in [-0.2, -0.15) is 0 Å². The first kappa shape index (κ1) is 16.4. The molecule has 19 heavy (non-hydrogen) atoms. The second-order valence-corrected chi connectivity index (χ2v) is 6.20. The average Bonchev–Trinajstić information content (AvgIpc) is 2.58. The lowest BCUT2D eigenvalue weighted by atomic mass is 10.0. The fourth-order valence-electron chi connectivity index (χ4n) is 2.79. The van der Waals surface area contributed by atoms with E-state index in [1.807, 2.05) is 4.90 Å². The highest BCUT2D eigenvalue weighted by atomic mass is 16.5. The Morgan fingerprint density at radius 1 is 1.37 bits per heavy atom. The first-order valence-electron chi connectivity index (χ1n) is 7.55. The summed E-state index contributed by atoms with van der Waals surface area (Å²) in [6.07, 6.45) is 3.25. The molecule has 1 fully saturated rings. The van der Waals surface area contributed by atoms with Gasteiger partial charge in [0.05, 0.1) is 18.8 Å². The van der Waals surface area contributed by atoms with Crippen LogP contribution < -0.4 is 5.32 Å². The van der Waals surface area contributed by atoms with Crippen LogP contribution in [0.3, 0.4) is 0 Å². The molecule has 0 spiro atoms. The maximum Gasteiger partial charge on any atom is 0.241 e. The summed E-state index contributed by atoms with van der Waals surface area (Å²) in [5, 5.41) is 3.51. The van der Waals surface area contributed by atoms with Gasteiger partial charge in [0.2, 0.25) is 5.91 Å². The maximum absolute atomic E-state index is 12.5. The predicted octanol–water partition coefficient (Wildman–Crippen LogP) is 2.24. The molecule has 3 unspecified atom stereocenters. The summed E-state index contributed by atoms with van der Waals surface area (Å²) >= 11 is 0. The van der Waals surface area contributed by atoms with Gasteiger partial charge in [-0.15, -0.1) is 0 Å². The van der Waals surface area contributed by atoms with Crippen molar-refractivity contribution >= 4 is 5.91 Å². The van der Waals surface area contributed by atoms with Gasteiger partial charge in [0.1, 0.15) is 0 Å². The van der Waals surface area contributed by atoms with E-state index in [0.29, 0.717) is 18.4 Å². The Labute approximate surface area is 117 Å².